The largest absolute Gasteiger partial charge is 0.347 e. The molecule has 0 radical (unpaired) electrons. The number of benzene rings is 3. The number of aryl methyl sites for hydroxylation is 1. The van der Waals surface area contributed by atoms with Gasteiger partial charge in [0, 0.05) is 17.7 Å². The molecule has 27 heavy (non-hydrogen) atoms. The second-order valence-electron chi connectivity index (χ2n) is 6.98. The van der Waals surface area contributed by atoms with E-state index < -0.39 is 0 Å². The topological polar surface area (TPSA) is 45.7 Å². The predicted octanol–water partition coefficient (Wildman–Crippen LogP) is 3.35. The zero-order chi connectivity index (χ0) is 19.1. The average molecular weight is 359 g/mol. The Morgan fingerprint density at radius 3 is 2.04 bits per heavy atom. The van der Waals surface area contributed by atoms with Crippen molar-refractivity contribution >= 4 is 5.91 Å². The van der Waals surface area contributed by atoms with Crippen molar-refractivity contribution in [3.63, 3.8) is 0 Å². The summed E-state index contributed by atoms with van der Waals surface area (Å²) >= 11 is 0. The number of nitrogens with one attached hydrogen (secondary N) is 1. The second-order valence-corrected chi connectivity index (χ2v) is 6.98. The lowest BCUT2D eigenvalue weighted by molar-refractivity contribution is -0.704. The number of amides is 1. The third-order valence-corrected chi connectivity index (χ3v) is 4.80. The van der Waals surface area contributed by atoms with Gasteiger partial charge in [-0.25, -0.2) is 0 Å². The molecule has 0 bridgehead atoms. The molecule has 138 valence electrons. The highest BCUT2D eigenvalue weighted by Crippen LogP contribution is 2.19. The monoisotopic (exact) mass is 359 g/mol. The van der Waals surface area contributed by atoms with Crippen LogP contribution in [0.1, 0.15) is 35.2 Å². The van der Waals surface area contributed by atoms with E-state index in [0.29, 0.717) is 6.54 Å². The predicted molar refractivity (Wildman–Crippen MR) is 109 cm³/mol. The summed E-state index contributed by atoms with van der Waals surface area (Å²) in [7, 11) is 0. The number of hydrogen-bond donors (Lipinski definition) is 2. The van der Waals surface area contributed by atoms with E-state index in [1.165, 1.54) is 16.7 Å². The molecule has 0 fully saturated rings. The lowest BCUT2D eigenvalue weighted by Gasteiger charge is -2.21. The summed E-state index contributed by atoms with van der Waals surface area (Å²) in [5, 5.41) is 5.19. The maximum absolute atomic E-state index is 12.6. The molecule has 0 saturated heterocycles. The van der Waals surface area contributed by atoms with Crippen LogP contribution in [-0.4, -0.2) is 11.9 Å². The lowest BCUT2D eigenvalue weighted by atomic mass is 9.97. The second kappa shape index (κ2) is 9.15. The van der Waals surface area contributed by atoms with Gasteiger partial charge in [0.25, 0.3) is 5.91 Å². The molecule has 1 amide bonds. The van der Waals surface area contributed by atoms with Gasteiger partial charge in [0.2, 0.25) is 0 Å². The summed E-state index contributed by atoms with van der Waals surface area (Å²) in [6.07, 6.45) is 0. The number of quaternary nitrogens is 1. The van der Waals surface area contributed by atoms with E-state index in [9.17, 15) is 4.79 Å². The Labute approximate surface area is 161 Å². The van der Waals surface area contributed by atoms with Gasteiger partial charge in [-0.2, -0.15) is 0 Å². The summed E-state index contributed by atoms with van der Waals surface area (Å²) in [5.41, 5.74) is 4.74. The van der Waals surface area contributed by atoms with Crippen LogP contribution in [0.25, 0.3) is 0 Å². The molecule has 0 spiro atoms. The van der Waals surface area contributed by atoms with Crippen molar-refractivity contribution in [3.8, 4) is 0 Å². The molecule has 0 unspecified atom stereocenters. The molecule has 3 aromatic rings. The van der Waals surface area contributed by atoms with E-state index in [1.54, 1.807) is 0 Å². The van der Waals surface area contributed by atoms with Gasteiger partial charge in [0.05, 0.1) is 0 Å². The maximum Gasteiger partial charge on any atom is 0.278 e. The normalized spacial score (nSPS) is 13.0. The molecular formula is C24H27N2O+. The van der Waals surface area contributed by atoms with Crippen LogP contribution in [0, 0.1) is 6.92 Å². The minimum Gasteiger partial charge on any atom is -0.347 e. The minimum atomic E-state index is -0.194. The molecule has 0 aliphatic rings. The maximum atomic E-state index is 12.6. The first-order valence-electron chi connectivity index (χ1n) is 9.41. The number of carbonyl (C=O) groups excluding carboxylic acids is 1. The summed E-state index contributed by atoms with van der Waals surface area (Å²) in [6, 6.07) is 28.8. The zero-order valence-electron chi connectivity index (χ0n) is 15.9. The highest BCUT2D eigenvalue weighted by molar-refractivity contribution is 5.79. The molecule has 0 heterocycles. The van der Waals surface area contributed by atoms with Crippen molar-refractivity contribution in [2.45, 2.75) is 32.5 Å². The average Bonchev–Trinajstić information content (AvgIpc) is 2.72. The molecule has 0 aliphatic carbocycles. The molecule has 3 rings (SSSR count). The number of rotatable bonds is 7. The van der Waals surface area contributed by atoms with Crippen LogP contribution in [0.5, 0.6) is 0 Å². The third-order valence-electron chi connectivity index (χ3n) is 4.80. The van der Waals surface area contributed by atoms with E-state index in [4.69, 9.17) is 0 Å². The molecular weight excluding hydrogens is 332 g/mol. The molecule has 2 atom stereocenters. The van der Waals surface area contributed by atoms with Crippen molar-refractivity contribution in [1.82, 2.24) is 5.32 Å². The first-order valence-corrected chi connectivity index (χ1v) is 9.41. The van der Waals surface area contributed by atoms with Crippen molar-refractivity contribution in [2.24, 2.45) is 0 Å². The lowest BCUT2D eigenvalue weighted by Crippen LogP contribution is -2.92. The van der Waals surface area contributed by atoms with Gasteiger partial charge in [-0.05, 0) is 19.4 Å². The molecule has 3 heteroatoms. The van der Waals surface area contributed by atoms with E-state index in [-0.39, 0.29) is 18.0 Å². The fraction of sp³-hybridized carbons (Fsp3) is 0.208. The molecule has 3 N–H and O–H groups in total. The van der Waals surface area contributed by atoms with Crippen LogP contribution in [0.3, 0.4) is 0 Å². The van der Waals surface area contributed by atoms with Crippen molar-refractivity contribution < 1.29 is 10.1 Å². The highest BCUT2D eigenvalue weighted by atomic mass is 16.2. The summed E-state index contributed by atoms with van der Waals surface area (Å²) in [5.74, 6) is 0.0481. The van der Waals surface area contributed by atoms with E-state index in [0.717, 1.165) is 5.56 Å². The highest BCUT2D eigenvalue weighted by Gasteiger charge is 2.24. The summed E-state index contributed by atoms with van der Waals surface area (Å²) < 4.78 is 0. The first-order chi connectivity index (χ1) is 13.1. The first kappa shape index (κ1) is 18.9. The van der Waals surface area contributed by atoms with Crippen LogP contribution >= 0.6 is 0 Å². The standard InChI is InChI=1S/C24H26N2O/c1-18-13-15-22(16-14-18)23(21-11-7-4-8-12-21)26-19(2)24(27)25-17-20-9-5-3-6-10-20/h3-16,19,23,26H,17H2,1-2H3,(H,25,27)/p+1/t19-,23-/m1/s1. The fourth-order valence-corrected chi connectivity index (χ4v) is 3.17. The Morgan fingerprint density at radius 2 is 1.41 bits per heavy atom. The van der Waals surface area contributed by atoms with Crippen LogP contribution in [-0.2, 0) is 11.3 Å². The molecule has 0 aliphatic heterocycles. The Balaban J connectivity index is 1.71. The Kier molecular flexibility index (Phi) is 6.39. The van der Waals surface area contributed by atoms with Crippen LogP contribution < -0.4 is 10.6 Å². The van der Waals surface area contributed by atoms with Gasteiger partial charge in [-0.3, -0.25) is 4.79 Å². The smallest absolute Gasteiger partial charge is 0.278 e. The fourth-order valence-electron chi connectivity index (χ4n) is 3.17. The minimum absolute atomic E-state index is 0.0481. The van der Waals surface area contributed by atoms with E-state index in [1.807, 2.05) is 55.5 Å². The van der Waals surface area contributed by atoms with Crippen LogP contribution in [0.15, 0.2) is 84.9 Å². The molecule has 0 aromatic heterocycles. The van der Waals surface area contributed by atoms with Gasteiger partial charge < -0.3 is 10.6 Å². The third kappa shape index (κ3) is 5.28. The van der Waals surface area contributed by atoms with E-state index in [2.05, 4.69) is 54.0 Å². The van der Waals surface area contributed by atoms with Gasteiger partial charge in [-0.1, -0.05) is 90.5 Å². The molecule has 3 nitrogen and oxygen atoms in total. The van der Waals surface area contributed by atoms with Gasteiger partial charge in [0.1, 0.15) is 6.04 Å². The Morgan fingerprint density at radius 1 is 0.852 bits per heavy atom. The zero-order valence-corrected chi connectivity index (χ0v) is 15.9. The van der Waals surface area contributed by atoms with Crippen LogP contribution in [0.2, 0.25) is 0 Å². The number of hydrogen-bond acceptors (Lipinski definition) is 1. The summed E-state index contributed by atoms with van der Waals surface area (Å²) in [4.78, 5) is 12.6. The van der Waals surface area contributed by atoms with Crippen molar-refractivity contribution in [3.05, 3.63) is 107 Å². The molecule has 0 saturated carbocycles. The van der Waals surface area contributed by atoms with Gasteiger partial charge in [0.15, 0.2) is 6.04 Å². The van der Waals surface area contributed by atoms with Crippen molar-refractivity contribution in [2.75, 3.05) is 0 Å². The number of carbonyl (C=O) groups is 1. The quantitative estimate of drug-likeness (QED) is 0.668. The Bertz CT molecular complexity index is 845. The van der Waals surface area contributed by atoms with Crippen molar-refractivity contribution in [1.29, 1.82) is 0 Å². The van der Waals surface area contributed by atoms with Gasteiger partial charge >= 0.3 is 0 Å². The molecule has 3 aromatic carbocycles. The van der Waals surface area contributed by atoms with Crippen LogP contribution in [0.4, 0.5) is 0 Å². The summed E-state index contributed by atoms with van der Waals surface area (Å²) in [6.45, 7) is 4.60. The number of nitrogens with two attached hydrogens (primary N) is 1. The van der Waals surface area contributed by atoms with E-state index >= 15 is 0 Å². The Hall–Kier alpha value is -2.91. The SMILES string of the molecule is Cc1ccc([C@H]([NH2+][C@H](C)C(=O)NCc2ccccc2)c2ccccc2)cc1. The van der Waals surface area contributed by atoms with Gasteiger partial charge in [-0.15, -0.1) is 0 Å².